The predicted molar refractivity (Wildman–Crippen MR) is 172 cm³/mol. The summed E-state index contributed by atoms with van der Waals surface area (Å²) < 4.78 is 0. The molecule has 0 radical (unpaired) electrons. The normalized spacial score (nSPS) is 11.9. The monoisotopic (exact) mass is 536 g/mol. The van der Waals surface area contributed by atoms with E-state index in [2.05, 4.69) is 97.1 Å². The molecule has 41 heavy (non-hydrogen) atoms. The average Bonchev–Trinajstić information content (AvgIpc) is 3.03. The lowest BCUT2D eigenvalue weighted by Gasteiger charge is -2.15. The summed E-state index contributed by atoms with van der Waals surface area (Å²) >= 11 is 0. The van der Waals surface area contributed by atoms with Crippen LogP contribution >= 0.6 is 0 Å². The van der Waals surface area contributed by atoms with Gasteiger partial charge < -0.3 is 15.3 Å². The van der Waals surface area contributed by atoms with Crippen molar-refractivity contribution in [1.29, 1.82) is 0 Å². The standard InChI is InChI=1S/C20H18O.C18H14O2/c21-13-2-1-4-14-7-8-17-10-9-15-5-3-6-16-11-12-18(14)20(17)19(15)16;19-9-14-8-13-5-4-11-2-1-3-12-6-7-15(16(14)10-20)18(13)17(11)12/h3,5-12,21H,1-2,4,13H2;1-8,19-20H,9-10H2. The lowest BCUT2D eigenvalue weighted by molar-refractivity contribution is 0.261. The molecule has 0 spiro atoms. The third-order valence-corrected chi connectivity index (χ3v) is 8.65. The van der Waals surface area contributed by atoms with Crippen LogP contribution < -0.4 is 0 Å². The second-order valence-corrected chi connectivity index (χ2v) is 10.9. The van der Waals surface area contributed by atoms with Crippen molar-refractivity contribution in [3.8, 4) is 0 Å². The van der Waals surface area contributed by atoms with E-state index < -0.39 is 0 Å². The van der Waals surface area contributed by atoms with Gasteiger partial charge >= 0.3 is 0 Å². The van der Waals surface area contributed by atoms with Gasteiger partial charge in [0.2, 0.25) is 0 Å². The topological polar surface area (TPSA) is 60.7 Å². The molecule has 8 rings (SSSR count). The maximum absolute atomic E-state index is 9.67. The molecule has 0 aliphatic rings. The molecule has 8 aromatic rings. The van der Waals surface area contributed by atoms with Crippen molar-refractivity contribution in [2.24, 2.45) is 0 Å². The van der Waals surface area contributed by atoms with Gasteiger partial charge in [0.15, 0.2) is 0 Å². The number of unbranched alkanes of at least 4 members (excludes halogenated alkanes) is 1. The Labute approximate surface area is 238 Å². The Bertz CT molecular complexity index is 2110. The van der Waals surface area contributed by atoms with E-state index in [0.29, 0.717) is 0 Å². The molecule has 0 saturated carbocycles. The van der Waals surface area contributed by atoms with Gasteiger partial charge in [0.05, 0.1) is 13.2 Å². The van der Waals surface area contributed by atoms with E-state index in [1.54, 1.807) is 0 Å². The highest BCUT2D eigenvalue weighted by Gasteiger charge is 2.14. The van der Waals surface area contributed by atoms with Crippen LogP contribution in [-0.2, 0) is 19.6 Å². The number of hydrogen-bond acceptors (Lipinski definition) is 3. The maximum atomic E-state index is 9.67. The summed E-state index contributed by atoms with van der Waals surface area (Å²) in [4.78, 5) is 0. The van der Waals surface area contributed by atoms with Crippen molar-refractivity contribution in [2.45, 2.75) is 32.5 Å². The zero-order chi connectivity index (χ0) is 27.9. The summed E-state index contributed by atoms with van der Waals surface area (Å²) in [6, 6.07) is 36.6. The van der Waals surface area contributed by atoms with Gasteiger partial charge in [-0.2, -0.15) is 0 Å². The van der Waals surface area contributed by atoms with E-state index in [4.69, 9.17) is 5.11 Å². The van der Waals surface area contributed by atoms with Crippen LogP contribution in [0.15, 0.2) is 103 Å². The van der Waals surface area contributed by atoms with Gasteiger partial charge in [-0.05, 0) is 107 Å². The number of hydrogen-bond donors (Lipinski definition) is 3. The molecule has 0 aromatic heterocycles. The Morgan fingerprint density at radius 2 is 0.927 bits per heavy atom. The summed E-state index contributed by atoms with van der Waals surface area (Å²) in [6.07, 6.45) is 2.96. The molecule has 202 valence electrons. The molecule has 0 unspecified atom stereocenters. The van der Waals surface area contributed by atoms with Gasteiger partial charge in [-0.15, -0.1) is 0 Å². The van der Waals surface area contributed by atoms with Gasteiger partial charge in [-0.25, -0.2) is 0 Å². The number of aryl methyl sites for hydroxylation is 1. The summed E-state index contributed by atoms with van der Waals surface area (Å²) in [5.74, 6) is 0. The van der Waals surface area contributed by atoms with E-state index in [-0.39, 0.29) is 19.8 Å². The van der Waals surface area contributed by atoms with Crippen molar-refractivity contribution >= 4 is 64.6 Å². The molecule has 3 heteroatoms. The molecule has 0 fully saturated rings. The number of benzene rings is 8. The zero-order valence-electron chi connectivity index (χ0n) is 22.9. The molecular weight excluding hydrogens is 504 g/mol. The second-order valence-electron chi connectivity index (χ2n) is 10.9. The third kappa shape index (κ3) is 4.25. The number of aliphatic hydroxyl groups excluding tert-OH is 3. The summed E-state index contributed by atoms with van der Waals surface area (Å²) in [6.45, 7) is 0.183. The molecular formula is C38H32O3. The minimum absolute atomic E-state index is 0.0492. The average molecular weight is 537 g/mol. The van der Waals surface area contributed by atoms with E-state index in [1.165, 1.54) is 59.4 Å². The highest BCUT2D eigenvalue weighted by atomic mass is 16.3. The molecule has 3 N–H and O–H groups in total. The van der Waals surface area contributed by atoms with Crippen molar-refractivity contribution < 1.29 is 15.3 Å². The van der Waals surface area contributed by atoms with Gasteiger partial charge in [0.25, 0.3) is 0 Å². The maximum Gasteiger partial charge on any atom is 0.0691 e. The van der Waals surface area contributed by atoms with Crippen LogP contribution in [-0.4, -0.2) is 21.9 Å². The second kappa shape index (κ2) is 10.6. The molecule has 0 amide bonds. The third-order valence-electron chi connectivity index (χ3n) is 8.65. The summed E-state index contributed by atoms with van der Waals surface area (Å²) in [5, 5.41) is 43.3. The van der Waals surface area contributed by atoms with Crippen LogP contribution in [0.2, 0.25) is 0 Å². The van der Waals surface area contributed by atoms with Crippen molar-refractivity contribution in [3.05, 3.63) is 120 Å². The van der Waals surface area contributed by atoms with Crippen molar-refractivity contribution in [3.63, 3.8) is 0 Å². The van der Waals surface area contributed by atoms with Gasteiger partial charge in [0.1, 0.15) is 0 Å². The van der Waals surface area contributed by atoms with Crippen molar-refractivity contribution in [2.75, 3.05) is 6.61 Å². The van der Waals surface area contributed by atoms with Gasteiger partial charge in [-0.3, -0.25) is 0 Å². The first-order chi connectivity index (χ1) is 20.2. The van der Waals surface area contributed by atoms with Crippen LogP contribution in [0.25, 0.3) is 64.6 Å². The SMILES string of the molecule is OCCCCc1ccc2ccc3cccc4ccc1c2c34.OCc1cc2ccc3cccc4ccc(c1CO)c2c34. The van der Waals surface area contributed by atoms with Crippen LogP contribution in [0.5, 0.6) is 0 Å². The molecule has 8 aromatic carbocycles. The Balaban J connectivity index is 0.000000135. The largest absolute Gasteiger partial charge is 0.396 e. The van der Waals surface area contributed by atoms with Gasteiger partial charge in [0, 0.05) is 6.61 Å². The molecule has 0 atom stereocenters. The predicted octanol–water partition coefficient (Wildman–Crippen LogP) is 8.47. The summed E-state index contributed by atoms with van der Waals surface area (Å²) in [7, 11) is 0. The first-order valence-corrected chi connectivity index (χ1v) is 14.4. The lowest BCUT2D eigenvalue weighted by Crippen LogP contribution is -1.97. The number of aliphatic hydroxyl groups is 3. The zero-order valence-corrected chi connectivity index (χ0v) is 22.9. The highest BCUT2D eigenvalue weighted by molar-refractivity contribution is 6.24. The first kappa shape index (κ1) is 25.7. The fraction of sp³-hybridized carbons (Fsp3) is 0.158. The van der Waals surface area contributed by atoms with Crippen LogP contribution in [0.4, 0.5) is 0 Å². The fourth-order valence-corrected chi connectivity index (χ4v) is 6.70. The Hall–Kier alpha value is -4.28. The van der Waals surface area contributed by atoms with E-state index >= 15 is 0 Å². The Morgan fingerprint density at radius 3 is 1.51 bits per heavy atom. The highest BCUT2D eigenvalue weighted by Crippen LogP contribution is 2.38. The molecule has 3 nitrogen and oxygen atoms in total. The van der Waals surface area contributed by atoms with Crippen molar-refractivity contribution in [1.82, 2.24) is 0 Å². The lowest BCUT2D eigenvalue weighted by atomic mass is 9.90. The summed E-state index contributed by atoms with van der Waals surface area (Å²) in [5.41, 5.74) is 3.03. The van der Waals surface area contributed by atoms with E-state index in [1.807, 2.05) is 6.07 Å². The molecule has 0 saturated heterocycles. The van der Waals surface area contributed by atoms with Crippen LogP contribution in [0.1, 0.15) is 29.5 Å². The van der Waals surface area contributed by atoms with Crippen LogP contribution in [0.3, 0.4) is 0 Å². The molecule has 0 bridgehead atoms. The smallest absolute Gasteiger partial charge is 0.0691 e. The minimum Gasteiger partial charge on any atom is -0.396 e. The van der Waals surface area contributed by atoms with E-state index in [0.717, 1.165) is 41.2 Å². The molecule has 0 aliphatic carbocycles. The Kier molecular flexibility index (Phi) is 6.64. The molecule has 0 heterocycles. The van der Waals surface area contributed by atoms with E-state index in [9.17, 15) is 10.2 Å². The quantitative estimate of drug-likeness (QED) is 0.148. The van der Waals surface area contributed by atoms with Crippen LogP contribution in [0, 0.1) is 0 Å². The Morgan fingerprint density at radius 1 is 0.415 bits per heavy atom. The minimum atomic E-state index is -0.0515. The van der Waals surface area contributed by atoms with Gasteiger partial charge in [-0.1, -0.05) is 97.1 Å². The number of rotatable bonds is 6. The fourth-order valence-electron chi connectivity index (χ4n) is 6.70. The molecule has 0 aliphatic heterocycles. The first-order valence-electron chi connectivity index (χ1n) is 14.4.